The maximum Gasteiger partial charge on any atom is 0.135 e. The molecule has 1 aromatic carbocycles. The summed E-state index contributed by atoms with van der Waals surface area (Å²) in [6, 6.07) is 6.34. The highest BCUT2D eigenvalue weighted by Gasteiger charge is 2.13. The third-order valence-corrected chi connectivity index (χ3v) is 5.86. The Labute approximate surface area is 131 Å². The molecular formula is C14H14N2P2S2. The lowest BCUT2D eigenvalue weighted by Gasteiger charge is -2.03. The van der Waals surface area contributed by atoms with Gasteiger partial charge in [0.15, 0.2) is 0 Å². The van der Waals surface area contributed by atoms with Crippen molar-refractivity contribution < 1.29 is 0 Å². The van der Waals surface area contributed by atoms with E-state index in [9.17, 15) is 0 Å². The van der Waals surface area contributed by atoms with E-state index in [2.05, 4.69) is 47.0 Å². The Bertz CT molecular complexity index is 777. The first kappa shape index (κ1) is 14.3. The van der Waals surface area contributed by atoms with Crippen LogP contribution in [-0.2, 0) is 0 Å². The topological polar surface area (TPSA) is 25.8 Å². The van der Waals surface area contributed by atoms with Crippen molar-refractivity contribution in [2.45, 2.75) is 13.8 Å². The average molecular weight is 336 g/mol. The fourth-order valence-electron chi connectivity index (χ4n) is 2.05. The molecule has 0 aliphatic carbocycles. The van der Waals surface area contributed by atoms with E-state index in [0.29, 0.717) is 0 Å². The van der Waals surface area contributed by atoms with Crippen LogP contribution in [0.1, 0.15) is 10.7 Å². The summed E-state index contributed by atoms with van der Waals surface area (Å²) < 4.78 is 0. The first-order valence-corrected chi connectivity index (χ1v) is 8.95. The van der Waals surface area contributed by atoms with Crippen LogP contribution in [0.15, 0.2) is 23.6 Å². The number of aryl methyl sites for hydroxylation is 2. The van der Waals surface area contributed by atoms with Crippen LogP contribution in [0, 0.1) is 13.8 Å². The zero-order valence-corrected chi connectivity index (χ0v) is 15.1. The number of benzene rings is 1. The highest BCUT2D eigenvalue weighted by Crippen LogP contribution is 2.34. The standard InChI is InChI=1S/C14H14N2P2S2/c1-7-13(20-8(2)15-7)14-16-11(6-19-14)10-4-3-9(17)5-12(10)18/h3-6H,17-18H2,1-2H3. The quantitative estimate of drug-likeness (QED) is 0.669. The number of rotatable bonds is 2. The molecule has 2 nitrogen and oxygen atoms in total. The molecule has 2 aromatic heterocycles. The van der Waals surface area contributed by atoms with Crippen molar-refractivity contribution in [2.75, 3.05) is 0 Å². The number of hydrogen-bond acceptors (Lipinski definition) is 4. The predicted molar refractivity (Wildman–Crippen MR) is 96.8 cm³/mol. The lowest BCUT2D eigenvalue weighted by molar-refractivity contribution is 1.20. The van der Waals surface area contributed by atoms with E-state index in [4.69, 9.17) is 4.98 Å². The smallest absolute Gasteiger partial charge is 0.135 e. The number of hydrogen-bond donors (Lipinski definition) is 0. The Hall–Kier alpha value is -0.660. The molecule has 2 unspecified atom stereocenters. The van der Waals surface area contributed by atoms with E-state index in [1.54, 1.807) is 22.7 Å². The van der Waals surface area contributed by atoms with Crippen LogP contribution in [0.3, 0.4) is 0 Å². The molecule has 0 bridgehead atoms. The molecule has 2 atom stereocenters. The van der Waals surface area contributed by atoms with Crippen LogP contribution in [0.4, 0.5) is 0 Å². The third-order valence-electron chi connectivity index (χ3n) is 2.95. The first-order chi connectivity index (χ1) is 9.54. The fraction of sp³-hybridized carbons (Fsp3) is 0.143. The van der Waals surface area contributed by atoms with Crippen LogP contribution in [0.2, 0.25) is 0 Å². The van der Waals surface area contributed by atoms with Gasteiger partial charge in [0.05, 0.1) is 21.3 Å². The molecule has 0 fully saturated rings. The molecule has 0 radical (unpaired) electrons. The number of nitrogens with zero attached hydrogens (tertiary/aromatic N) is 2. The second-order valence-electron chi connectivity index (χ2n) is 4.53. The van der Waals surface area contributed by atoms with Gasteiger partial charge in [-0.15, -0.1) is 41.2 Å². The molecule has 0 saturated carbocycles. The van der Waals surface area contributed by atoms with Gasteiger partial charge in [-0.05, 0) is 30.5 Å². The number of thiazole rings is 2. The molecule has 3 rings (SSSR count). The van der Waals surface area contributed by atoms with Gasteiger partial charge in [0.1, 0.15) is 5.01 Å². The zero-order chi connectivity index (χ0) is 14.3. The van der Waals surface area contributed by atoms with Gasteiger partial charge >= 0.3 is 0 Å². The molecule has 0 N–H and O–H groups in total. The third kappa shape index (κ3) is 2.71. The van der Waals surface area contributed by atoms with E-state index in [1.165, 1.54) is 21.0 Å². The molecular weight excluding hydrogens is 322 g/mol. The zero-order valence-electron chi connectivity index (χ0n) is 11.2. The Balaban J connectivity index is 2.04. The van der Waals surface area contributed by atoms with Crippen LogP contribution in [0.25, 0.3) is 21.1 Å². The Morgan fingerprint density at radius 3 is 2.55 bits per heavy atom. The van der Waals surface area contributed by atoms with Gasteiger partial charge in [0.25, 0.3) is 0 Å². The minimum atomic E-state index is 1.03. The van der Waals surface area contributed by atoms with E-state index in [1.807, 2.05) is 13.8 Å². The molecule has 0 spiro atoms. The molecule has 0 saturated heterocycles. The van der Waals surface area contributed by atoms with Gasteiger partial charge in [0.2, 0.25) is 0 Å². The van der Waals surface area contributed by atoms with E-state index >= 15 is 0 Å². The molecule has 3 aromatic rings. The lowest BCUT2D eigenvalue weighted by Crippen LogP contribution is -2.03. The monoisotopic (exact) mass is 336 g/mol. The highest BCUT2D eigenvalue weighted by atomic mass is 32.1. The summed E-state index contributed by atoms with van der Waals surface area (Å²) in [5, 5.41) is 6.63. The molecule has 6 heteroatoms. The Morgan fingerprint density at radius 1 is 1.10 bits per heavy atom. The van der Waals surface area contributed by atoms with Crippen molar-refractivity contribution in [3.63, 3.8) is 0 Å². The van der Waals surface area contributed by atoms with Crippen molar-refractivity contribution in [3.8, 4) is 21.1 Å². The maximum absolute atomic E-state index is 4.78. The summed E-state index contributed by atoms with van der Waals surface area (Å²) >= 11 is 3.39. The molecule has 0 aliphatic heterocycles. The Morgan fingerprint density at radius 2 is 1.90 bits per heavy atom. The fourth-order valence-corrected chi connectivity index (χ4v) is 4.83. The summed E-state index contributed by atoms with van der Waals surface area (Å²) in [4.78, 5) is 10.4. The summed E-state index contributed by atoms with van der Waals surface area (Å²) in [6.45, 7) is 4.08. The summed E-state index contributed by atoms with van der Waals surface area (Å²) in [5.41, 5.74) is 3.27. The SMILES string of the molecule is Cc1nc(C)c(-c2nc(-c3ccc(P)cc3P)cs2)s1. The molecule has 102 valence electrons. The normalized spacial score (nSPS) is 11.0. The van der Waals surface area contributed by atoms with Crippen molar-refractivity contribution in [2.24, 2.45) is 0 Å². The summed E-state index contributed by atoms with van der Waals surface area (Å²) in [5.74, 6) is 0. The van der Waals surface area contributed by atoms with Gasteiger partial charge in [-0.2, -0.15) is 0 Å². The maximum atomic E-state index is 4.78. The summed E-state index contributed by atoms with van der Waals surface area (Å²) in [7, 11) is 5.51. The van der Waals surface area contributed by atoms with Crippen molar-refractivity contribution in [3.05, 3.63) is 34.3 Å². The average Bonchev–Trinajstić information content (AvgIpc) is 2.96. The predicted octanol–water partition coefficient (Wildman–Crippen LogP) is 3.55. The van der Waals surface area contributed by atoms with Crippen molar-refractivity contribution in [1.82, 2.24) is 9.97 Å². The molecule has 0 aliphatic rings. The van der Waals surface area contributed by atoms with Crippen LogP contribution < -0.4 is 10.6 Å². The van der Waals surface area contributed by atoms with E-state index < -0.39 is 0 Å². The first-order valence-electron chi connectivity index (χ1n) is 6.10. The minimum absolute atomic E-state index is 1.03. The van der Waals surface area contributed by atoms with Crippen molar-refractivity contribution >= 4 is 51.8 Å². The van der Waals surface area contributed by atoms with Gasteiger partial charge < -0.3 is 0 Å². The Kier molecular flexibility index (Phi) is 4.01. The molecule has 2 heterocycles. The van der Waals surface area contributed by atoms with Gasteiger partial charge in [-0.3, -0.25) is 0 Å². The minimum Gasteiger partial charge on any atom is -0.246 e. The van der Waals surface area contributed by atoms with Crippen LogP contribution >= 0.6 is 41.2 Å². The van der Waals surface area contributed by atoms with E-state index in [-0.39, 0.29) is 0 Å². The lowest BCUT2D eigenvalue weighted by atomic mass is 10.2. The van der Waals surface area contributed by atoms with Gasteiger partial charge in [0, 0.05) is 10.9 Å². The molecule has 0 amide bonds. The number of aromatic nitrogens is 2. The second-order valence-corrected chi connectivity index (χ2v) is 7.88. The van der Waals surface area contributed by atoms with Crippen LogP contribution in [-0.4, -0.2) is 9.97 Å². The van der Waals surface area contributed by atoms with Gasteiger partial charge in [-0.25, -0.2) is 9.97 Å². The largest absolute Gasteiger partial charge is 0.246 e. The van der Waals surface area contributed by atoms with Crippen LogP contribution in [0.5, 0.6) is 0 Å². The molecule has 20 heavy (non-hydrogen) atoms. The second kappa shape index (κ2) is 5.61. The van der Waals surface area contributed by atoms with Crippen molar-refractivity contribution in [1.29, 1.82) is 0 Å². The van der Waals surface area contributed by atoms with Gasteiger partial charge in [-0.1, -0.05) is 12.1 Å². The summed E-state index contributed by atoms with van der Waals surface area (Å²) in [6.07, 6.45) is 0. The highest BCUT2D eigenvalue weighted by molar-refractivity contribution is 7.29. The van der Waals surface area contributed by atoms with E-state index in [0.717, 1.165) is 21.4 Å².